The van der Waals surface area contributed by atoms with Gasteiger partial charge in [0.25, 0.3) is 0 Å². The van der Waals surface area contributed by atoms with Crippen LogP contribution < -0.4 is 5.32 Å². The lowest BCUT2D eigenvalue weighted by Gasteiger charge is -2.19. The van der Waals surface area contributed by atoms with Crippen LogP contribution in [0.15, 0.2) is 23.0 Å². The summed E-state index contributed by atoms with van der Waals surface area (Å²) < 4.78 is 7.03. The number of hydrogen-bond acceptors (Lipinski definition) is 4. The van der Waals surface area contributed by atoms with E-state index in [-0.39, 0.29) is 5.54 Å². The van der Waals surface area contributed by atoms with Gasteiger partial charge in [0.2, 0.25) is 0 Å². The molecule has 0 aromatic carbocycles. The van der Waals surface area contributed by atoms with Crippen LogP contribution in [0.3, 0.4) is 0 Å². The van der Waals surface area contributed by atoms with Crippen molar-refractivity contribution in [2.75, 3.05) is 0 Å². The molecule has 2 heterocycles. The molecule has 0 fully saturated rings. The largest absolute Gasteiger partial charge is 0.356 e. The summed E-state index contributed by atoms with van der Waals surface area (Å²) in [6.07, 6.45) is 3.67. The zero-order valence-electron chi connectivity index (χ0n) is 10.7. The molecule has 0 saturated carbocycles. The lowest BCUT2D eigenvalue weighted by molar-refractivity contribution is 0.392. The van der Waals surface area contributed by atoms with E-state index in [1.807, 2.05) is 19.3 Å². The molecule has 1 N–H and O–H groups in total. The van der Waals surface area contributed by atoms with Gasteiger partial charge in [-0.25, -0.2) is 0 Å². The number of nitrogens with zero attached hydrogens (tertiary/aromatic N) is 3. The molecule has 0 unspecified atom stereocenters. The molecule has 0 aliphatic carbocycles. The molecule has 2 rings (SSSR count). The smallest absolute Gasteiger partial charge is 0.170 e. The van der Waals surface area contributed by atoms with Gasteiger partial charge in [0.1, 0.15) is 0 Å². The summed E-state index contributed by atoms with van der Waals surface area (Å²) in [4.78, 5) is 0. The first-order chi connectivity index (χ1) is 7.94. The third-order valence-corrected chi connectivity index (χ3v) is 2.35. The van der Waals surface area contributed by atoms with Gasteiger partial charge < -0.3 is 9.84 Å². The minimum atomic E-state index is 0.0768. The molecule has 2 aromatic rings. The summed E-state index contributed by atoms with van der Waals surface area (Å²) in [7, 11) is 1.88. The molecule has 0 bridgehead atoms. The molecule has 0 spiro atoms. The van der Waals surface area contributed by atoms with E-state index in [0.29, 0.717) is 6.54 Å². The van der Waals surface area contributed by atoms with E-state index >= 15 is 0 Å². The maximum Gasteiger partial charge on any atom is 0.170 e. The molecule has 0 aliphatic rings. The Kier molecular flexibility index (Phi) is 3.02. The van der Waals surface area contributed by atoms with Gasteiger partial charge >= 0.3 is 0 Å². The average Bonchev–Trinajstić information content (AvgIpc) is 2.81. The Balaban J connectivity index is 2.06. The SMILES string of the molecule is Cn1cc(-c2cc(CNC(C)(C)C)no2)cn1. The molecule has 0 aliphatic heterocycles. The predicted octanol–water partition coefficient (Wildman–Crippen LogP) is 1.96. The standard InChI is InChI=1S/C12H18N4O/c1-12(2,3)13-7-10-5-11(17-15-10)9-6-14-16(4)8-9/h5-6,8,13H,7H2,1-4H3. The quantitative estimate of drug-likeness (QED) is 0.882. The van der Waals surface area contributed by atoms with E-state index < -0.39 is 0 Å². The second-order valence-electron chi connectivity index (χ2n) is 5.19. The molecule has 0 saturated heterocycles. The minimum absolute atomic E-state index is 0.0768. The average molecular weight is 234 g/mol. The third kappa shape index (κ3) is 3.17. The van der Waals surface area contributed by atoms with Gasteiger partial charge in [-0.05, 0) is 20.8 Å². The third-order valence-electron chi connectivity index (χ3n) is 2.35. The number of nitrogens with one attached hydrogen (secondary N) is 1. The van der Waals surface area contributed by atoms with Crippen molar-refractivity contribution in [1.29, 1.82) is 0 Å². The zero-order valence-corrected chi connectivity index (χ0v) is 10.7. The Labute approximate surface area is 101 Å². The summed E-state index contributed by atoms with van der Waals surface area (Å²) in [5.41, 5.74) is 1.92. The van der Waals surface area contributed by atoms with Crippen molar-refractivity contribution in [3.05, 3.63) is 24.2 Å². The van der Waals surface area contributed by atoms with Crippen LogP contribution >= 0.6 is 0 Å². The van der Waals surface area contributed by atoms with Gasteiger partial charge in [0.05, 0.1) is 17.5 Å². The lowest BCUT2D eigenvalue weighted by Crippen LogP contribution is -2.35. The number of rotatable bonds is 3. The first-order valence-corrected chi connectivity index (χ1v) is 5.64. The van der Waals surface area contributed by atoms with Crippen LogP contribution in [0.2, 0.25) is 0 Å². The predicted molar refractivity (Wildman–Crippen MR) is 65.3 cm³/mol. The molecular weight excluding hydrogens is 216 g/mol. The Bertz CT molecular complexity index is 493. The van der Waals surface area contributed by atoms with Crippen molar-refractivity contribution in [2.45, 2.75) is 32.9 Å². The lowest BCUT2D eigenvalue weighted by atomic mass is 10.1. The van der Waals surface area contributed by atoms with Crippen LogP contribution in [0.25, 0.3) is 11.3 Å². The van der Waals surface area contributed by atoms with Crippen LogP contribution in [0, 0.1) is 0 Å². The van der Waals surface area contributed by atoms with E-state index in [1.165, 1.54) is 0 Å². The molecule has 92 valence electrons. The minimum Gasteiger partial charge on any atom is -0.356 e. The molecule has 0 atom stereocenters. The summed E-state index contributed by atoms with van der Waals surface area (Å²) >= 11 is 0. The Morgan fingerprint density at radius 1 is 1.41 bits per heavy atom. The van der Waals surface area contributed by atoms with Gasteiger partial charge in [0, 0.05) is 31.4 Å². The normalized spacial score (nSPS) is 12.0. The fourth-order valence-corrected chi connectivity index (χ4v) is 1.44. The van der Waals surface area contributed by atoms with Crippen LogP contribution in [0.5, 0.6) is 0 Å². The van der Waals surface area contributed by atoms with Gasteiger partial charge in [-0.3, -0.25) is 4.68 Å². The summed E-state index contributed by atoms with van der Waals surface area (Å²) in [5.74, 6) is 0.754. The van der Waals surface area contributed by atoms with Crippen LogP contribution in [0.1, 0.15) is 26.5 Å². The van der Waals surface area contributed by atoms with E-state index in [4.69, 9.17) is 4.52 Å². The monoisotopic (exact) mass is 234 g/mol. The highest BCUT2D eigenvalue weighted by molar-refractivity contribution is 5.54. The molecule has 17 heavy (non-hydrogen) atoms. The number of aromatic nitrogens is 3. The van der Waals surface area contributed by atoms with Crippen molar-refractivity contribution < 1.29 is 4.52 Å². The Morgan fingerprint density at radius 2 is 2.18 bits per heavy atom. The molecule has 5 heteroatoms. The van der Waals surface area contributed by atoms with E-state index in [1.54, 1.807) is 10.9 Å². The second-order valence-corrected chi connectivity index (χ2v) is 5.19. The van der Waals surface area contributed by atoms with Gasteiger partial charge in [-0.1, -0.05) is 5.16 Å². The topological polar surface area (TPSA) is 55.9 Å². The molecule has 2 aromatic heterocycles. The Morgan fingerprint density at radius 3 is 2.76 bits per heavy atom. The molecule has 0 radical (unpaired) electrons. The zero-order chi connectivity index (χ0) is 12.5. The summed E-state index contributed by atoms with van der Waals surface area (Å²) in [6.45, 7) is 7.06. The van der Waals surface area contributed by atoms with Crippen molar-refractivity contribution in [3.63, 3.8) is 0 Å². The van der Waals surface area contributed by atoms with Gasteiger partial charge in [-0.2, -0.15) is 5.10 Å². The molecule has 5 nitrogen and oxygen atoms in total. The fraction of sp³-hybridized carbons (Fsp3) is 0.500. The highest BCUT2D eigenvalue weighted by atomic mass is 16.5. The highest BCUT2D eigenvalue weighted by Crippen LogP contribution is 2.19. The maximum atomic E-state index is 5.29. The first-order valence-electron chi connectivity index (χ1n) is 5.64. The molecule has 0 amide bonds. The van der Waals surface area contributed by atoms with E-state index in [2.05, 4.69) is 36.3 Å². The fourth-order valence-electron chi connectivity index (χ4n) is 1.44. The second kappa shape index (κ2) is 4.33. The van der Waals surface area contributed by atoms with Crippen molar-refractivity contribution in [2.24, 2.45) is 7.05 Å². The van der Waals surface area contributed by atoms with E-state index in [9.17, 15) is 0 Å². The first kappa shape index (κ1) is 11.9. The van der Waals surface area contributed by atoms with Crippen molar-refractivity contribution >= 4 is 0 Å². The highest BCUT2D eigenvalue weighted by Gasteiger charge is 2.12. The number of aryl methyl sites for hydroxylation is 1. The number of hydrogen-bond donors (Lipinski definition) is 1. The van der Waals surface area contributed by atoms with Crippen molar-refractivity contribution in [3.8, 4) is 11.3 Å². The van der Waals surface area contributed by atoms with E-state index in [0.717, 1.165) is 17.0 Å². The van der Waals surface area contributed by atoms with Crippen molar-refractivity contribution in [1.82, 2.24) is 20.3 Å². The summed E-state index contributed by atoms with van der Waals surface area (Å²) in [5, 5.41) is 11.5. The van der Waals surface area contributed by atoms with Gasteiger partial charge in [-0.15, -0.1) is 0 Å². The maximum absolute atomic E-state index is 5.29. The van der Waals surface area contributed by atoms with Crippen LogP contribution in [0.4, 0.5) is 0 Å². The van der Waals surface area contributed by atoms with Crippen LogP contribution in [-0.4, -0.2) is 20.5 Å². The van der Waals surface area contributed by atoms with Gasteiger partial charge in [0.15, 0.2) is 5.76 Å². The Hall–Kier alpha value is -1.62. The summed E-state index contributed by atoms with van der Waals surface area (Å²) in [6, 6.07) is 1.94. The van der Waals surface area contributed by atoms with Crippen LogP contribution in [-0.2, 0) is 13.6 Å². The molecular formula is C12H18N4O.